The zero-order valence-electron chi connectivity index (χ0n) is 10.1. The molecule has 82 valence electrons. The Hall–Kier alpha value is -0.820. The summed E-state index contributed by atoms with van der Waals surface area (Å²) in [5.41, 5.74) is 4.87. The molecule has 1 N–H and O–H groups in total. The van der Waals surface area contributed by atoms with Crippen LogP contribution in [0, 0.1) is 19.3 Å². The molecule has 0 radical (unpaired) electrons. The van der Waals surface area contributed by atoms with Crippen molar-refractivity contribution in [3.05, 3.63) is 34.9 Å². The maximum Gasteiger partial charge on any atom is 0.00233 e. The number of aryl methyl sites for hydroxylation is 2. The Balaban J connectivity index is 2.13. The SMILES string of the molecule is CCC1(Cc2ccc(C)c(C)c2)CNC1. The van der Waals surface area contributed by atoms with Crippen LogP contribution in [0.3, 0.4) is 0 Å². The summed E-state index contributed by atoms with van der Waals surface area (Å²) in [6.45, 7) is 9.07. The van der Waals surface area contributed by atoms with Crippen LogP contribution in [0.5, 0.6) is 0 Å². The van der Waals surface area contributed by atoms with E-state index in [9.17, 15) is 0 Å². The molecule has 1 aliphatic rings. The zero-order valence-corrected chi connectivity index (χ0v) is 10.1. The molecule has 1 aromatic carbocycles. The Bertz CT molecular complexity index is 345. The van der Waals surface area contributed by atoms with Gasteiger partial charge in [0.25, 0.3) is 0 Å². The van der Waals surface area contributed by atoms with Crippen LogP contribution in [0.1, 0.15) is 30.0 Å². The second-order valence-electron chi connectivity index (χ2n) is 5.05. The van der Waals surface area contributed by atoms with E-state index in [0.717, 1.165) is 0 Å². The second-order valence-corrected chi connectivity index (χ2v) is 5.05. The quantitative estimate of drug-likeness (QED) is 0.796. The summed E-state index contributed by atoms with van der Waals surface area (Å²) in [5.74, 6) is 0. The highest BCUT2D eigenvalue weighted by atomic mass is 15.0. The normalized spacial score (nSPS) is 18.6. The van der Waals surface area contributed by atoms with Crippen molar-refractivity contribution in [3.63, 3.8) is 0 Å². The van der Waals surface area contributed by atoms with Crippen LogP contribution in [0.2, 0.25) is 0 Å². The summed E-state index contributed by atoms with van der Waals surface area (Å²) in [5, 5.41) is 3.40. The Morgan fingerprint density at radius 3 is 2.40 bits per heavy atom. The average molecular weight is 203 g/mol. The average Bonchev–Trinajstić information content (AvgIpc) is 2.17. The Kier molecular flexibility index (Phi) is 2.83. The molecule has 1 aliphatic heterocycles. The Morgan fingerprint density at radius 1 is 1.20 bits per heavy atom. The summed E-state index contributed by atoms with van der Waals surface area (Å²) in [7, 11) is 0. The first-order valence-corrected chi connectivity index (χ1v) is 5.92. The molecule has 0 aromatic heterocycles. The van der Waals surface area contributed by atoms with Crippen LogP contribution < -0.4 is 5.32 Å². The number of nitrogens with one attached hydrogen (secondary N) is 1. The molecule has 0 saturated carbocycles. The predicted octanol–water partition coefficient (Wildman–Crippen LogP) is 2.85. The van der Waals surface area contributed by atoms with E-state index < -0.39 is 0 Å². The van der Waals surface area contributed by atoms with E-state index in [-0.39, 0.29) is 0 Å². The molecule has 1 heterocycles. The number of hydrogen-bond acceptors (Lipinski definition) is 1. The molecule has 0 bridgehead atoms. The molecule has 1 aromatic rings. The molecule has 1 fully saturated rings. The minimum absolute atomic E-state index is 0.543. The van der Waals surface area contributed by atoms with Gasteiger partial charge in [0, 0.05) is 13.1 Å². The smallest absolute Gasteiger partial charge is 0.00233 e. The molecule has 0 atom stereocenters. The van der Waals surface area contributed by atoms with Gasteiger partial charge in [-0.15, -0.1) is 0 Å². The maximum atomic E-state index is 3.40. The summed E-state index contributed by atoms with van der Waals surface area (Å²) in [4.78, 5) is 0. The molecular weight excluding hydrogens is 182 g/mol. The minimum Gasteiger partial charge on any atom is -0.316 e. The first kappa shape index (κ1) is 10.7. The first-order valence-electron chi connectivity index (χ1n) is 5.92. The van der Waals surface area contributed by atoms with Gasteiger partial charge in [0.15, 0.2) is 0 Å². The highest BCUT2D eigenvalue weighted by Crippen LogP contribution is 2.31. The lowest BCUT2D eigenvalue weighted by Gasteiger charge is -2.42. The van der Waals surface area contributed by atoms with Gasteiger partial charge in [-0.05, 0) is 48.8 Å². The monoisotopic (exact) mass is 203 g/mol. The molecule has 0 amide bonds. The van der Waals surface area contributed by atoms with Gasteiger partial charge in [-0.1, -0.05) is 25.1 Å². The third-order valence-electron chi connectivity index (χ3n) is 3.90. The molecule has 15 heavy (non-hydrogen) atoms. The van der Waals surface area contributed by atoms with E-state index in [0.29, 0.717) is 5.41 Å². The molecule has 0 aliphatic carbocycles. The fraction of sp³-hybridized carbons (Fsp3) is 0.571. The third-order valence-corrected chi connectivity index (χ3v) is 3.90. The van der Waals surface area contributed by atoms with Crippen molar-refractivity contribution in [3.8, 4) is 0 Å². The van der Waals surface area contributed by atoms with Crippen molar-refractivity contribution >= 4 is 0 Å². The largest absolute Gasteiger partial charge is 0.316 e. The van der Waals surface area contributed by atoms with E-state index in [1.165, 1.54) is 42.6 Å². The van der Waals surface area contributed by atoms with E-state index in [1.807, 2.05) is 0 Å². The lowest BCUT2D eigenvalue weighted by molar-refractivity contribution is 0.160. The van der Waals surface area contributed by atoms with Gasteiger partial charge in [-0.2, -0.15) is 0 Å². The summed E-state index contributed by atoms with van der Waals surface area (Å²) in [6, 6.07) is 6.89. The van der Waals surface area contributed by atoms with Gasteiger partial charge in [0.1, 0.15) is 0 Å². The zero-order chi connectivity index (χ0) is 10.9. The van der Waals surface area contributed by atoms with Crippen LogP contribution in [0.15, 0.2) is 18.2 Å². The van der Waals surface area contributed by atoms with Crippen molar-refractivity contribution in [2.45, 2.75) is 33.6 Å². The van der Waals surface area contributed by atoms with Gasteiger partial charge in [0.05, 0.1) is 0 Å². The molecule has 2 rings (SSSR count). The first-order chi connectivity index (χ1) is 7.15. The summed E-state index contributed by atoms with van der Waals surface area (Å²) >= 11 is 0. The second kappa shape index (κ2) is 3.97. The fourth-order valence-electron chi connectivity index (χ4n) is 2.33. The van der Waals surface area contributed by atoms with Gasteiger partial charge < -0.3 is 5.32 Å². The van der Waals surface area contributed by atoms with Crippen molar-refractivity contribution in [2.24, 2.45) is 5.41 Å². The van der Waals surface area contributed by atoms with E-state index in [1.54, 1.807) is 0 Å². The standard InChI is InChI=1S/C14H21N/c1-4-14(9-15-10-14)8-13-6-5-11(2)12(3)7-13/h5-7,15H,4,8-10H2,1-3H3. The highest BCUT2D eigenvalue weighted by molar-refractivity contribution is 5.30. The minimum atomic E-state index is 0.543. The number of benzene rings is 1. The van der Waals surface area contributed by atoms with E-state index in [2.05, 4.69) is 44.3 Å². The van der Waals surface area contributed by atoms with Crippen LogP contribution in [-0.2, 0) is 6.42 Å². The Morgan fingerprint density at radius 2 is 1.93 bits per heavy atom. The van der Waals surface area contributed by atoms with Crippen LogP contribution in [0.25, 0.3) is 0 Å². The lowest BCUT2D eigenvalue weighted by Crippen LogP contribution is -2.54. The highest BCUT2D eigenvalue weighted by Gasteiger charge is 2.34. The van der Waals surface area contributed by atoms with Crippen LogP contribution in [0.4, 0.5) is 0 Å². The molecule has 0 spiro atoms. The topological polar surface area (TPSA) is 12.0 Å². The van der Waals surface area contributed by atoms with Crippen molar-refractivity contribution < 1.29 is 0 Å². The molecule has 1 heteroatoms. The van der Waals surface area contributed by atoms with Gasteiger partial charge >= 0.3 is 0 Å². The number of hydrogen-bond donors (Lipinski definition) is 1. The fourth-order valence-corrected chi connectivity index (χ4v) is 2.33. The lowest BCUT2D eigenvalue weighted by atomic mass is 9.74. The van der Waals surface area contributed by atoms with Crippen molar-refractivity contribution in [1.29, 1.82) is 0 Å². The summed E-state index contributed by atoms with van der Waals surface area (Å²) < 4.78 is 0. The van der Waals surface area contributed by atoms with Gasteiger partial charge in [0.2, 0.25) is 0 Å². The van der Waals surface area contributed by atoms with Crippen molar-refractivity contribution in [2.75, 3.05) is 13.1 Å². The van der Waals surface area contributed by atoms with Gasteiger partial charge in [-0.3, -0.25) is 0 Å². The van der Waals surface area contributed by atoms with E-state index >= 15 is 0 Å². The van der Waals surface area contributed by atoms with Crippen LogP contribution in [-0.4, -0.2) is 13.1 Å². The van der Waals surface area contributed by atoms with Crippen LogP contribution >= 0.6 is 0 Å². The van der Waals surface area contributed by atoms with Gasteiger partial charge in [-0.25, -0.2) is 0 Å². The van der Waals surface area contributed by atoms with Crippen molar-refractivity contribution in [1.82, 2.24) is 5.32 Å². The molecule has 1 nitrogen and oxygen atoms in total. The predicted molar refractivity (Wildman–Crippen MR) is 65.2 cm³/mol. The molecule has 1 saturated heterocycles. The Labute approximate surface area is 92.9 Å². The molecule has 0 unspecified atom stereocenters. The summed E-state index contributed by atoms with van der Waals surface area (Å²) in [6.07, 6.45) is 2.52. The number of rotatable bonds is 3. The van der Waals surface area contributed by atoms with E-state index in [4.69, 9.17) is 0 Å². The third kappa shape index (κ3) is 2.07. The maximum absolute atomic E-state index is 3.40. The molecular formula is C14H21N.